The predicted octanol–water partition coefficient (Wildman–Crippen LogP) is 5.41. The first-order chi connectivity index (χ1) is 13.9. The molecule has 0 saturated carbocycles. The average molecular weight is 418 g/mol. The molecule has 4 rings (SSSR count). The van der Waals surface area contributed by atoms with Gasteiger partial charge in [0.25, 0.3) is 5.89 Å². The number of hydrogen-bond donors (Lipinski definition) is 0. The Labute approximate surface area is 167 Å². The van der Waals surface area contributed by atoms with Crippen molar-refractivity contribution in [3.8, 4) is 22.7 Å². The molecule has 0 N–H and O–H groups in total. The summed E-state index contributed by atoms with van der Waals surface area (Å²) in [5, 5.41) is 8.45. The normalized spacial score (nSPS) is 11.7. The van der Waals surface area contributed by atoms with E-state index in [4.69, 9.17) is 9.05 Å². The summed E-state index contributed by atoms with van der Waals surface area (Å²) < 4.78 is 48.5. The van der Waals surface area contributed by atoms with E-state index in [0.717, 1.165) is 17.8 Å². The predicted molar refractivity (Wildman–Crippen MR) is 98.8 cm³/mol. The summed E-state index contributed by atoms with van der Waals surface area (Å²) in [4.78, 5) is 8.18. The Morgan fingerprint density at radius 2 is 1.79 bits per heavy atom. The minimum Gasteiger partial charge on any atom is -0.360 e. The second-order valence-electron chi connectivity index (χ2n) is 6.02. The van der Waals surface area contributed by atoms with Crippen molar-refractivity contribution >= 4 is 11.8 Å². The van der Waals surface area contributed by atoms with Crippen LogP contribution in [0.25, 0.3) is 22.7 Å². The number of rotatable bonds is 5. The van der Waals surface area contributed by atoms with Crippen LogP contribution < -0.4 is 0 Å². The first-order valence-electron chi connectivity index (χ1n) is 8.42. The van der Waals surface area contributed by atoms with E-state index in [2.05, 4.69) is 20.3 Å². The molecule has 10 heteroatoms. The van der Waals surface area contributed by atoms with Crippen molar-refractivity contribution in [1.29, 1.82) is 0 Å². The van der Waals surface area contributed by atoms with Crippen LogP contribution in [0.3, 0.4) is 0 Å². The van der Waals surface area contributed by atoms with Gasteiger partial charge in [0, 0.05) is 11.8 Å². The summed E-state index contributed by atoms with van der Waals surface area (Å²) >= 11 is 1.21. The van der Waals surface area contributed by atoms with E-state index in [1.54, 1.807) is 6.92 Å². The molecule has 6 nitrogen and oxygen atoms in total. The molecule has 0 amide bonds. The first kappa shape index (κ1) is 19.2. The largest absolute Gasteiger partial charge is 0.417 e. The Morgan fingerprint density at radius 3 is 2.48 bits per heavy atom. The van der Waals surface area contributed by atoms with Gasteiger partial charge < -0.3 is 9.05 Å². The van der Waals surface area contributed by atoms with E-state index in [1.807, 2.05) is 30.3 Å². The third kappa shape index (κ3) is 4.16. The molecule has 148 valence electrons. The zero-order chi connectivity index (χ0) is 20.4. The van der Waals surface area contributed by atoms with Crippen LogP contribution >= 0.6 is 11.8 Å². The molecule has 29 heavy (non-hydrogen) atoms. The molecular weight excluding hydrogens is 405 g/mol. The lowest BCUT2D eigenvalue weighted by atomic mass is 10.1. The van der Waals surface area contributed by atoms with Crippen LogP contribution in [0.5, 0.6) is 0 Å². The number of pyridine rings is 1. The van der Waals surface area contributed by atoms with Crippen molar-refractivity contribution in [2.75, 3.05) is 0 Å². The van der Waals surface area contributed by atoms with Gasteiger partial charge in [-0.15, -0.1) is 0 Å². The standard InChI is InChI=1S/C19H13F3N4O2S/c1-11-16(17(26-27-11)12-5-3-2-4-6-12)18-24-14(25-28-18)10-29-15-8-7-13(9-23-15)19(20,21)22/h2-9H,10H2,1H3. The topological polar surface area (TPSA) is 77.8 Å². The van der Waals surface area contributed by atoms with Crippen molar-refractivity contribution in [2.24, 2.45) is 0 Å². The zero-order valence-electron chi connectivity index (χ0n) is 15.0. The van der Waals surface area contributed by atoms with E-state index < -0.39 is 11.7 Å². The Bertz CT molecular complexity index is 1110. The third-order valence-corrected chi connectivity index (χ3v) is 4.94. The SMILES string of the molecule is Cc1onc(-c2ccccc2)c1-c1nc(CSc2ccc(C(F)(F)F)cn2)no1. The fourth-order valence-corrected chi connectivity index (χ4v) is 3.29. The van der Waals surface area contributed by atoms with Crippen molar-refractivity contribution in [1.82, 2.24) is 20.3 Å². The summed E-state index contributed by atoms with van der Waals surface area (Å²) in [6.45, 7) is 1.75. The molecule has 1 aromatic carbocycles. The van der Waals surface area contributed by atoms with Crippen LogP contribution in [-0.4, -0.2) is 20.3 Å². The number of aryl methyl sites for hydroxylation is 1. The summed E-state index contributed by atoms with van der Waals surface area (Å²) in [6, 6.07) is 11.8. The van der Waals surface area contributed by atoms with E-state index in [0.29, 0.717) is 27.9 Å². The summed E-state index contributed by atoms with van der Waals surface area (Å²) in [5.41, 5.74) is 1.26. The maximum absolute atomic E-state index is 12.6. The molecule has 0 radical (unpaired) electrons. The molecule has 0 aliphatic carbocycles. The summed E-state index contributed by atoms with van der Waals surface area (Å²) in [5.74, 6) is 1.47. The Kier molecular flexibility index (Phi) is 5.10. The van der Waals surface area contributed by atoms with Crippen LogP contribution in [0, 0.1) is 6.92 Å². The second kappa shape index (κ2) is 7.70. The Hall–Kier alpha value is -3.14. The van der Waals surface area contributed by atoms with Crippen LogP contribution in [0.2, 0.25) is 0 Å². The van der Waals surface area contributed by atoms with Gasteiger partial charge in [0.05, 0.1) is 16.3 Å². The van der Waals surface area contributed by atoms with Crippen molar-refractivity contribution in [3.63, 3.8) is 0 Å². The first-order valence-corrected chi connectivity index (χ1v) is 9.41. The minimum atomic E-state index is -4.41. The van der Waals surface area contributed by atoms with Gasteiger partial charge in [-0.05, 0) is 19.1 Å². The number of nitrogens with zero attached hydrogens (tertiary/aromatic N) is 4. The highest BCUT2D eigenvalue weighted by molar-refractivity contribution is 7.98. The number of aromatic nitrogens is 4. The molecule has 0 spiro atoms. The van der Waals surface area contributed by atoms with Crippen LogP contribution in [-0.2, 0) is 11.9 Å². The lowest BCUT2D eigenvalue weighted by Crippen LogP contribution is -2.05. The fraction of sp³-hybridized carbons (Fsp3) is 0.158. The minimum absolute atomic E-state index is 0.263. The smallest absolute Gasteiger partial charge is 0.360 e. The zero-order valence-corrected chi connectivity index (χ0v) is 15.8. The highest BCUT2D eigenvalue weighted by atomic mass is 32.2. The van der Waals surface area contributed by atoms with Crippen molar-refractivity contribution in [3.05, 3.63) is 65.8 Å². The van der Waals surface area contributed by atoms with Crippen LogP contribution in [0.15, 0.2) is 62.7 Å². The van der Waals surface area contributed by atoms with Gasteiger partial charge in [-0.1, -0.05) is 52.4 Å². The third-order valence-electron chi connectivity index (χ3n) is 4.00. The second-order valence-corrected chi connectivity index (χ2v) is 7.01. The molecular formula is C19H13F3N4O2S. The molecule has 0 saturated heterocycles. The molecule has 0 bridgehead atoms. The van der Waals surface area contributed by atoms with Gasteiger partial charge in [0.2, 0.25) is 0 Å². The van der Waals surface area contributed by atoms with Gasteiger partial charge in [0.1, 0.15) is 17.0 Å². The number of thioether (sulfide) groups is 1. The van der Waals surface area contributed by atoms with Crippen LogP contribution in [0.1, 0.15) is 17.1 Å². The molecule has 0 aliphatic rings. The Balaban J connectivity index is 1.51. The lowest BCUT2D eigenvalue weighted by Gasteiger charge is -2.05. The molecule has 3 heterocycles. The number of halogens is 3. The van der Waals surface area contributed by atoms with Crippen LogP contribution in [0.4, 0.5) is 13.2 Å². The number of benzene rings is 1. The fourth-order valence-electron chi connectivity index (χ4n) is 2.60. The van der Waals surface area contributed by atoms with Gasteiger partial charge in [-0.2, -0.15) is 18.2 Å². The molecule has 0 fully saturated rings. The lowest BCUT2D eigenvalue weighted by molar-refractivity contribution is -0.137. The highest BCUT2D eigenvalue weighted by Gasteiger charge is 2.30. The van der Waals surface area contributed by atoms with E-state index >= 15 is 0 Å². The van der Waals surface area contributed by atoms with E-state index in [-0.39, 0.29) is 11.6 Å². The number of hydrogen-bond acceptors (Lipinski definition) is 7. The van der Waals surface area contributed by atoms with Gasteiger partial charge >= 0.3 is 6.18 Å². The summed E-state index contributed by atoms with van der Waals surface area (Å²) in [7, 11) is 0. The van der Waals surface area contributed by atoms with Gasteiger partial charge in [0.15, 0.2) is 5.82 Å². The molecule has 3 aromatic heterocycles. The van der Waals surface area contributed by atoms with E-state index in [1.165, 1.54) is 17.8 Å². The monoisotopic (exact) mass is 418 g/mol. The molecule has 0 atom stereocenters. The quantitative estimate of drug-likeness (QED) is 0.401. The maximum atomic E-state index is 12.6. The number of alkyl halides is 3. The van der Waals surface area contributed by atoms with Gasteiger partial charge in [-0.3, -0.25) is 0 Å². The van der Waals surface area contributed by atoms with Gasteiger partial charge in [-0.25, -0.2) is 4.98 Å². The summed E-state index contributed by atoms with van der Waals surface area (Å²) in [6.07, 6.45) is -3.61. The highest BCUT2D eigenvalue weighted by Crippen LogP contribution is 2.34. The Morgan fingerprint density at radius 1 is 1.00 bits per heavy atom. The average Bonchev–Trinajstić information content (AvgIpc) is 3.33. The van der Waals surface area contributed by atoms with Crippen molar-refractivity contribution in [2.45, 2.75) is 23.9 Å². The van der Waals surface area contributed by atoms with E-state index in [9.17, 15) is 13.2 Å². The molecule has 0 unspecified atom stereocenters. The molecule has 4 aromatic rings. The van der Waals surface area contributed by atoms with Crippen molar-refractivity contribution < 1.29 is 22.2 Å². The maximum Gasteiger partial charge on any atom is 0.417 e. The molecule has 0 aliphatic heterocycles.